The largest absolute Gasteiger partial charge is 0.497 e. The van der Waals surface area contributed by atoms with E-state index in [1.807, 2.05) is 0 Å². The van der Waals surface area contributed by atoms with E-state index in [1.165, 1.54) is 31.5 Å². The number of nitrogens with one attached hydrogen (secondary N) is 2. The van der Waals surface area contributed by atoms with Gasteiger partial charge in [0.2, 0.25) is 0 Å². The maximum Gasteiger partial charge on any atom is 0.273 e. The van der Waals surface area contributed by atoms with Gasteiger partial charge in [0.05, 0.1) is 31.7 Å². The summed E-state index contributed by atoms with van der Waals surface area (Å²) in [6.07, 6.45) is 1.41. The summed E-state index contributed by atoms with van der Waals surface area (Å²) in [5.41, 5.74) is 3.28. The Bertz CT molecular complexity index is 1160. The molecule has 0 aliphatic heterocycles. The van der Waals surface area contributed by atoms with Crippen LogP contribution in [0.4, 0.5) is 5.69 Å². The lowest BCUT2D eigenvalue weighted by molar-refractivity contribution is 0.0956. The molecule has 0 spiro atoms. The van der Waals surface area contributed by atoms with Crippen LogP contribution >= 0.6 is 11.3 Å². The van der Waals surface area contributed by atoms with Crippen LogP contribution in [-0.2, 0) is 10.0 Å². The fourth-order valence-electron chi connectivity index (χ4n) is 2.54. The third kappa shape index (κ3) is 4.97. The van der Waals surface area contributed by atoms with E-state index in [1.54, 1.807) is 48.9 Å². The van der Waals surface area contributed by atoms with Gasteiger partial charge >= 0.3 is 0 Å². The lowest BCUT2D eigenvalue weighted by Gasteiger charge is -2.10. The third-order valence-corrected chi connectivity index (χ3v) is 6.75. The number of amides is 1. The maximum atomic E-state index is 12.6. The zero-order valence-electron chi connectivity index (χ0n) is 16.2. The Labute approximate surface area is 178 Å². The second-order valence-corrected chi connectivity index (χ2v) is 8.75. The number of hydrogen-bond donors (Lipinski definition) is 2. The molecule has 0 radical (unpaired) electrons. The summed E-state index contributed by atoms with van der Waals surface area (Å²) < 4.78 is 38.0. The first-order chi connectivity index (χ1) is 14.4. The summed E-state index contributed by atoms with van der Waals surface area (Å²) in [7, 11) is -0.725. The second-order valence-electron chi connectivity index (χ2n) is 5.89. The van der Waals surface area contributed by atoms with Crippen LogP contribution in [0.5, 0.6) is 11.5 Å². The number of hydrogen-bond acceptors (Lipinski definition) is 7. The lowest BCUT2D eigenvalue weighted by Crippen LogP contribution is -2.21. The molecule has 0 saturated carbocycles. The summed E-state index contributed by atoms with van der Waals surface area (Å²) in [6, 6.07) is 14.6. The van der Waals surface area contributed by atoms with Gasteiger partial charge in [-0.05, 0) is 41.8 Å². The molecule has 2 N–H and O–H groups in total. The van der Waals surface area contributed by atoms with Gasteiger partial charge in [0.1, 0.15) is 15.7 Å². The van der Waals surface area contributed by atoms with Gasteiger partial charge < -0.3 is 9.47 Å². The standard InChI is InChI=1S/C20H19N3O5S2/c1-27-15-9-10-18(28-2)14(12-15)13-21-22-20(24)16-6-3-4-7-17(16)23-30(25,26)19-8-5-11-29-19/h3-13,23H,1-2H3,(H,22,24)/b21-13+. The zero-order chi connectivity index (χ0) is 21.6. The molecule has 0 atom stereocenters. The Kier molecular flexibility index (Phi) is 6.70. The number of benzene rings is 2. The van der Waals surface area contributed by atoms with Gasteiger partial charge in [-0.25, -0.2) is 13.8 Å². The molecule has 3 aromatic rings. The van der Waals surface area contributed by atoms with E-state index in [0.29, 0.717) is 17.1 Å². The quantitative estimate of drug-likeness (QED) is 0.409. The highest BCUT2D eigenvalue weighted by Gasteiger charge is 2.19. The van der Waals surface area contributed by atoms with E-state index >= 15 is 0 Å². The molecular weight excluding hydrogens is 426 g/mol. The summed E-state index contributed by atoms with van der Waals surface area (Å²) in [4.78, 5) is 12.6. The predicted molar refractivity (Wildman–Crippen MR) is 116 cm³/mol. The molecule has 30 heavy (non-hydrogen) atoms. The highest BCUT2D eigenvalue weighted by atomic mass is 32.2. The minimum atomic E-state index is -3.79. The van der Waals surface area contributed by atoms with E-state index in [2.05, 4.69) is 15.2 Å². The molecule has 8 nitrogen and oxygen atoms in total. The van der Waals surface area contributed by atoms with Crippen molar-refractivity contribution in [3.63, 3.8) is 0 Å². The van der Waals surface area contributed by atoms with Gasteiger partial charge in [-0.1, -0.05) is 18.2 Å². The molecule has 0 saturated heterocycles. The van der Waals surface area contributed by atoms with Crippen LogP contribution in [0.2, 0.25) is 0 Å². The molecule has 3 rings (SSSR count). The number of methoxy groups -OCH3 is 2. The molecule has 1 heterocycles. The number of nitrogens with zero attached hydrogens (tertiary/aromatic N) is 1. The molecule has 0 aliphatic carbocycles. The zero-order valence-corrected chi connectivity index (χ0v) is 17.8. The van der Waals surface area contributed by atoms with Crippen LogP contribution in [0.1, 0.15) is 15.9 Å². The minimum absolute atomic E-state index is 0.132. The number of anilines is 1. The molecule has 156 valence electrons. The number of carbonyl (C=O) groups is 1. The monoisotopic (exact) mass is 445 g/mol. The van der Waals surface area contributed by atoms with Gasteiger partial charge in [0, 0.05) is 5.56 Å². The molecule has 0 bridgehead atoms. The number of thiophene rings is 1. The number of sulfonamides is 1. The molecule has 0 unspecified atom stereocenters. The molecule has 0 aliphatic rings. The second kappa shape index (κ2) is 9.42. The lowest BCUT2D eigenvalue weighted by atomic mass is 10.2. The number of para-hydroxylation sites is 1. The minimum Gasteiger partial charge on any atom is -0.497 e. The summed E-state index contributed by atoms with van der Waals surface area (Å²) in [5, 5.41) is 5.62. The molecule has 0 fully saturated rings. The van der Waals surface area contributed by atoms with Crippen molar-refractivity contribution in [3.8, 4) is 11.5 Å². The van der Waals surface area contributed by atoms with Gasteiger partial charge in [0.25, 0.3) is 15.9 Å². The SMILES string of the molecule is COc1ccc(OC)c(/C=N/NC(=O)c2ccccc2NS(=O)(=O)c2cccs2)c1. The number of rotatable bonds is 8. The Morgan fingerprint density at radius 2 is 1.87 bits per heavy atom. The van der Waals surface area contributed by atoms with Crippen molar-refractivity contribution in [2.75, 3.05) is 18.9 Å². The molecular formula is C20H19N3O5S2. The van der Waals surface area contributed by atoms with Gasteiger partial charge in [-0.2, -0.15) is 5.10 Å². The fraction of sp³-hybridized carbons (Fsp3) is 0.100. The van der Waals surface area contributed by atoms with Crippen molar-refractivity contribution in [2.45, 2.75) is 4.21 Å². The van der Waals surface area contributed by atoms with Crippen molar-refractivity contribution in [1.82, 2.24) is 5.43 Å². The Morgan fingerprint density at radius 3 is 2.57 bits per heavy atom. The highest BCUT2D eigenvalue weighted by Crippen LogP contribution is 2.24. The van der Waals surface area contributed by atoms with Crippen molar-refractivity contribution in [3.05, 3.63) is 71.1 Å². The number of hydrazone groups is 1. The van der Waals surface area contributed by atoms with Crippen LogP contribution < -0.4 is 19.6 Å². The van der Waals surface area contributed by atoms with Gasteiger partial charge in [0.15, 0.2) is 0 Å². The summed E-state index contributed by atoms with van der Waals surface area (Å²) >= 11 is 1.08. The van der Waals surface area contributed by atoms with Crippen LogP contribution in [-0.4, -0.2) is 34.8 Å². The van der Waals surface area contributed by atoms with Crippen LogP contribution in [0.3, 0.4) is 0 Å². The Morgan fingerprint density at radius 1 is 1.07 bits per heavy atom. The average Bonchev–Trinajstić information content (AvgIpc) is 3.30. The Balaban J connectivity index is 1.78. The molecule has 1 aromatic heterocycles. The topological polar surface area (TPSA) is 106 Å². The first-order valence-electron chi connectivity index (χ1n) is 8.65. The van der Waals surface area contributed by atoms with E-state index in [9.17, 15) is 13.2 Å². The average molecular weight is 446 g/mol. The van der Waals surface area contributed by atoms with Crippen molar-refractivity contribution >= 4 is 39.2 Å². The van der Waals surface area contributed by atoms with E-state index < -0.39 is 15.9 Å². The van der Waals surface area contributed by atoms with Crippen molar-refractivity contribution < 1.29 is 22.7 Å². The molecule has 10 heteroatoms. The first-order valence-corrected chi connectivity index (χ1v) is 11.0. The first kappa shape index (κ1) is 21.3. The number of carbonyl (C=O) groups excluding carboxylic acids is 1. The van der Waals surface area contributed by atoms with Crippen LogP contribution in [0.15, 0.2) is 69.3 Å². The van der Waals surface area contributed by atoms with E-state index in [4.69, 9.17) is 9.47 Å². The van der Waals surface area contributed by atoms with Crippen LogP contribution in [0.25, 0.3) is 0 Å². The molecule has 1 amide bonds. The van der Waals surface area contributed by atoms with Crippen LogP contribution in [0, 0.1) is 0 Å². The smallest absolute Gasteiger partial charge is 0.273 e. The Hall–Kier alpha value is -3.37. The highest BCUT2D eigenvalue weighted by molar-refractivity contribution is 7.94. The molecule has 2 aromatic carbocycles. The fourth-order valence-corrected chi connectivity index (χ4v) is 4.62. The normalized spacial score (nSPS) is 11.3. The third-order valence-electron chi connectivity index (χ3n) is 3.98. The number of ether oxygens (including phenoxy) is 2. The maximum absolute atomic E-state index is 12.6. The summed E-state index contributed by atoms with van der Waals surface area (Å²) in [6.45, 7) is 0. The van der Waals surface area contributed by atoms with Crippen molar-refractivity contribution in [1.29, 1.82) is 0 Å². The van der Waals surface area contributed by atoms with Gasteiger partial charge in [-0.15, -0.1) is 11.3 Å². The predicted octanol–water partition coefficient (Wildman–Crippen LogP) is 3.33. The van der Waals surface area contributed by atoms with Crippen molar-refractivity contribution in [2.24, 2.45) is 5.10 Å². The van der Waals surface area contributed by atoms with E-state index in [-0.39, 0.29) is 15.5 Å². The van der Waals surface area contributed by atoms with Gasteiger partial charge in [-0.3, -0.25) is 9.52 Å². The van der Waals surface area contributed by atoms with E-state index in [0.717, 1.165) is 11.3 Å². The summed E-state index contributed by atoms with van der Waals surface area (Å²) in [5.74, 6) is 0.590.